The maximum atomic E-state index is 11.8. The molecule has 4 nitrogen and oxygen atoms in total. The van der Waals surface area contributed by atoms with Crippen molar-refractivity contribution in [3.8, 4) is 5.75 Å². The first kappa shape index (κ1) is 17.5. The van der Waals surface area contributed by atoms with Crippen LogP contribution in [0.3, 0.4) is 0 Å². The quantitative estimate of drug-likeness (QED) is 0.724. The van der Waals surface area contributed by atoms with Gasteiger partial charge in [0.05, 0.1) is 0 Å². The lowest BCUT2D eigenvalue weighted by Gasteiger charge is -2.20. The average Bonchev–Trinajstić information content (AvgIpc) is 2.36. The summed E-state index contributed by atoms with van der Waals surface area (Å²) in [4.78, 5) is 11.8. The van der Waals surface area contributed by atoms with E-state index in [-0.39, 0.29) is 23.2 Å². The fourth-order valence-corrected chi connectivity index (χ4v) is 2.02. The average molecular weight is 292 g/mol. The number of phenolic OH excluding ortho intramolecular Hbond substituents is 1. The van der Waals surface area contributed by atoms with Gasteiger partial charge in [-0.1, -0.05) is 12.1 Å². The molecule has 1 aromatic carbocycles. The summed E-state index contributed by atoms with van der Waals surface area (Å²) >= 11 is 0. The van der Waals surface area contributed by atoms with Gasteiger partial charge in [-0.3, -0.25) is 4.79 Å². The molecule has 118 valence electrons. The Hall–Kier alpha value is -1.55. The Kier molecular flexibility index (Phi) is 6.69. The van der Waals surface area contributed by atoms with Gasteiger partial charge in [0.15, 0.2) is 0 Å². The first-order valence-corrected chi connectivity index (χ1v) is 7.58. The molecule has 0 spiro atoms. The number of nitrogens with one attached hydrogen (secondary N) is 2. The third-order valence-electron chi connectivity index (χ3n) is 3.22. The van der Waals surface area contributed by atoms with Gasteiger partial charge in [-0.15, -0.1) is 0 Å². The van der Waals surface area contributed by atoms with Crippen LogP contribution in [-0.2, 0) is 11.2 Å². The molecule has 0 heterocycles. The van der Waals surface area contributed by atoms with E-state index >= 15 is 0 Å². The van der Waals surface area contributed by atoms with Gasteiger partial charge < -0.3 is 15.7 Å². The van der Waals surface area contributed by atoms with E-state index in [1.54, 1.807) is 12.1 Å². The molecule has 3 N–H and O–H groups in total. The zero-order valence-corrected chi connectivity index (χ0v) is 13.6. The van der Waals surface area contributed by atoms with E-state index in [0.29, 0.717) is 13.0 Å². The van der Waals surface area contributed by atoms with E-state index in [4.69, 9.17) is 0 Å². The van der Waals surface area contributed by atoms with Crippen LogP contribution in [0.4, 0.5) is 0 Å². The predicted octanol–water partition coefficient (Wildman–Crippen LogP) is 2.61. The minimum atomic E-state index is 0.0464. The molecule has 0 radical (unpaired) electrons. The van der Waals surface area contributed by atoms with E-state index in [9.17, 15) is 9.90 Å². The smallest absolute Gasteiger partial charge is 0.221 e. The van der Waals surface area contributed by atoms with Crippen LogP contribution >= 0.6 is 0 Å². The van der Waals surface area contributed by atoms with Crippen LogP contribution in [0.15, 0.2) is 24.3 Å². The van der Waals surface area contributed by atoms with Crippen molar-refractivity contribution in [3.63, 3.8) is 0 Å². The van der Waals surface area contributed by atoms with Crippen molar-refractivity contribution in [1.82, 2.24) is 10.6 Å². The molecule has 0 aliphatic rings. The molecule has 0 fully saturated rings. The molecule has 1 rings (SSSR count). The van der Waals surface area contributed by atoms with Crippen molar-refractivity contribution in [2.45, 2.75) is 58.5 Å². The molecule has 0 aromatic heterocycles. The number of rotatable bonds is 7. The van der Waals surface area contributed by atoms with Crippen LogP contribution < -0.4 is 10.6 Å². The molecule has 0 aliphatic heterocycles. The minimum Gasteiger partial charge on any atom is -0.508 e. The number of hydrogen-bond donors (Lipinski definition) is 3. The van der Waals surface area contributed by atoms with Crippen molar-refractivity contribution in [1.29, 1.82) is 0 Å². The van der Waals surface area contributed by atoms with E-state index in [0.717, 1.165) is 12.8 Å². The lowest BCUT2D eigenvalue weighted by Crippen LogP contribution is -2.40. The second kappa shape index (κ2) is 8.03. The third-order valence-corrected chi connectivity index (χ3v) is 3.22. The van der Waals surface area contributed by atoms with Gasteiger partial charge >= 0.3 is 0 Å². The highest BCUT2D eigenvalue weighted by Crippen LogP contribution is 2.11. The van der Waals surface area contributed by atoms with Crippen molar-refractivity contribution in [2.75, 3.05) is 6.54 Å². The number of phenols is 1. The standard InChI is InChI=1S/C17H28N2O2/c1-13(5-6-14-7-9-15(20)10-8-14)19-16(21)11-12-18-17(2,3)4/h7-10,13,18,20H,5-6,11-12H2,1-4H3,(H,19,21). The third kappa shape index (κ3) is 8.35. The molecule has 1 aromatic rings. The Bertz CT molecular complexity index is 435. The second-order valence-corrected chi connectivity index (χ2v) is 6.60. The Labute approximate surface area is 128 Å². The van der Waals surface area contributed by atoms with E-state index in [1.165, 1.54) is 5.56 Å². The number of carbonyl (C=O) groups is 1. The van der Waals surface area contributed by atoms with E-state index < -0.39 is 0 Å². The van der Waals surface area contributed by atoms with Crippen LogP contribution in [-0.4, -0.2) is 29.1 Å². The monoisotopic (exact) mass is 292 g/mol. The Morgan fingerprint density at radius 2 is 1.86 bits per heavy atom. The van der Waals surface area contributed by atoms with Gasteiger partial charge in [-0.25, -0.2) is 0 Å². The number of amides is 1. The zero-order valence-electron chi connectivity index (χ0n) is 13.6. The molecular formula is C17H28N2O2. The highest BCUT2D eigenvalue weighted by Gasteiger charge is 2.11. The van der Waals surface area contributed by atoms with Gasteiger partial charge in [-0.05, 0) is 58.2 Å². The maximum absolute atomic E-state index is 11.8. The first-order valence-electron chi connectivity index (χ1n) is 7.58. The van der Waals surface area contributed by atoms with Crippen LogP contribution in [0.1, 0.15) is 46.1 Å². The van der Waals surface area contributed by atoms with Gasteiger partial charge in [0.1, 0.15) is 5.75 Å². The number of carbonyl (C=O) groups excluding carboxylic acids is 1. The molecule has 1 amide bonds. The van der Waals surface area contributed by atoms with Gasteiger partial charge in [-0.2, -0.15) is 0 Å². The van der Waals surface area contributed by atoms with Crippen molar-refractivity contribution < 1.29 is 9.90 Å². The summed E-state index contributed by atoms with van der Waals surface area (Å²) in [6, 6.07) is 7.36. The van der Waals surface area contributed by atoms with Crippen LogP contribution in [0.5, 0.6) is 5.75 Å². The molecule has 1 atom stereocenters. The molecule has 0 aliphatic carbocycles. The van der Waals surface area contributed by atoms with Gasteiger partial charge in [0, 0.05) is 24.5 Å². The number of hydrogen-bond acceptors (Lipinski definition) is 3. The summed E-state index contributed by atoms with van der Waals surface area (Å²) in [5.41, 5.74) is 1.22. The normalized spacial score (nSPS) is 13.0. The minimum absolute atomic E-state index is 0.0464. The van der Waals surface area contributed by atoms with Gasteiger partial charge in [0.2, 0.25) is 5.91 Å². The molecular weight excluding hydrogens is 264 g/mol. The summed E-state index contributed by atoms with van der Waals surface area (Å²) in [6.07, 6.45) is 2.28. The van der Waals surface area contributed by atoms with Crippen molar-refractivity contribution in [2.24, 2.45) is 0 Å². The highest BCUT2D eigenvalue weighted by molar-refractivity contribution is 5.76. The lowest BCUT2D eigenvalue weighted by atomic mass is 10.1. The maximum Gasteiger partial charge on any atom is 0.221 e. The van der Waals surface area contributed by atoms with Crippen LogP contribution in [0.2, 0.25) is 0 Å². The Morgan fingerprint density at radius 3 is 2.43 bits per heavy atom. The predicted molar refractivity (Wildman–Crippen MR) is 86.4 cm³/mol. The largest absolute Gasteiger partial charge is 0.508 e. The molecule has 1 unspecified atom stereocenters. The summed E-state index contributed by atoms with van der Waals surface area (Å²) in [7, 11) is 0. The summed E-state index contributed by atoms with van der Waals surface area (Å²) in [5, 5.41) is 15.6. The van der Waals surface area contributed by atoms with Crippen LogP contribution in [0.25, 0.3) is 0 Å². The second-order valence-electron chi connectivity index (χ2n) is 6.60. The van der Waals surface area contributed by atoms with Crippen molar-refractivity contribution in [3.05, 3.63) is 29.8 Å². The Balaban J connectivity index is 2.22. The molecule has 0 saturated carbocycles. The van der Waals surface area contributed by atoms with E-state index in [2.05, 4.69) is 31.4 Å². The fourth-order valence-electron chi connectivity index (χ4n) is 2.02. The summed E-state index contributed by atoms with van der Waals surface area (Å²) in [5.74, 6) is 0.372. The van der Waals surface area contributed by atoms with Crippen LogP contribution in [0, 0.1) is 0 Å². The molecule has 4 heteroatoms. The Morgan fingerprint density at radius 1 is 1.24 bits per heavy atom. The highest BCUT2D eigenvalue weighted by atomic mass is 16.3. The zero-order chi connectivity index (χ0) is 15.9. The van der Waals surface area contributed by atoms with Gasteiger partial charge in [0.25, 0.3) is 0 Å². The summed E-state index contributed by atoms with van der Waals surface area (Å²) < 4.78 is 0. The van der Waals surface area contributed by atoms with Crippen molar-refractivity contribution >= 4 is 5.91 Å². The molecule has 21 heavy (non-hydrogen) atoms. The first-order chi connectivity index (χ1) is 9.76. The summed E-state index contributed by atoms with van der Waals surface area (Å²) in [6.45, 7) is 8.98. The molecule has 0 saturated heterocycles. The SMILES string of the molecule is CC(CCc1ccc(O)cc1)NC(=O)CCNC(C)(C)C. The molecule has 0 bridgehead atoms. The number of benzene rings is 1. The number of aromatic hydroxyl groups is 1. The topological polar surface area (TPSA) is 61.4 Å². The number of aryl methyl sites for hydroxylation is 1. The van der Waals surface area contributed by atoms with E-state index in [1.807, 2.05) is 19.1 Å². The lowest BCUT2D eigenvalue weighted by molar-refractivity contribution is -0.121. The fraction of sp³-hybridized carbons (Fsp3) is 0.588.